The number of hydrogen-bond donors (Lipinski definition) is 2. The minimum atomic E-state index is -1.22. The average molecular weight is 330 g/mol. The van der Waals surface area contributed by atoms with Crippen molar-refractivity contribution in [1.82, 2.24) is 14.5 Å². The van der Waals surface area contributed by atoms with Crippen molar-refractivity contribution >= 4 is 33.4 Å². The lowest BCUT2D eigenvalue weighted by molar-refractivity contribution is -0.118. The van der Waals surface area contributed by atoms with Gasteiger partial charge >= 0.3 is 5.97 Å². The summed E-state index contributed by atoms with van der Waals surface area (Å²) in [5.74, 6) is -1.71. The van der Waals surface area contributed by atoms with E-state index in [9.17, 15) is 19.5 Å². The zero-order chi connectivity index (χ0) is 16.6. The van der Waals surface area contributed by atoms with Crippen LogP contribution in [0.5, 0.6) is 0 Å². The maximum absolute atomic E-state index is 12.7. The fourth-order valence-electron chi connectivity index (χ4n) is 2.21. The van der Waals surface area contributed by atoms with Gasteiger partial charge in [0.25, 0.3) is 5.56 Å². The number of carbonyl (C=O) groups is 2. The third-order valence-electron chi connectivity index (χ3n) is 3.18. The molecule has 0 aromatic carbocycles. The Morgan fingerprint density at radius 3 is 2.61 bits per heavy atom. The third kappa shape index (κ3) is 2.57. The van der Waals surface area contributed by atoms with Crippen LogP contribution in [0.15, 0.2) is 34.7 Å². The summed E-state index contributed by atoms with van der Waals surface area (Å²) in [6, 6.07) is 3.27. The summed E-state index contributed by atoms with van der Waals surface area (Å²) in [6.07, 6.45) is 3.05. The number of amides is 1. The number of primary amides is 1. The fourth-order valence-corrected chi connectivity index (χ4v) is 3.11. The molecule has 0 saturated carbocycles. The van der Waals surface area contributed by atoms with Gasteiger partial charge in [-0.15, -0.1) is 11.3 Å². The lowest BCUT2D eigenvalue weighted by Crippen LogP contribution is -2.30. The number of carbonyl (C=O) groups excluding carboxylic acids is 1. The van der Waals surface area contributed by atoms with Crippen molar-refractivity contribution in [2.75, 3.05) is 0 Å². The predicted molar refractivity (Wildman–Crippen MR) is 83.3 cm³/mol. The smallest absolute Gasteiger partial charge is 0.337 e. The van der Waals surface area contributed by atoms with Crippen molar-refractivity contribution in [1.29, 1.82) is 0 Å². The summed E-state index contributed by atoms with van der Waals surface area (Å²) in [5.41, 5.74) is 5.03. The number of rotatable bonds is 4. The Hall–Kier alpha value is -3.07. The van der Waals surface area contributed by atoms with Crippen LogP contribution < -0.4 is 11.3 Å². The molecule has 23 heavy (non-hydrogen) atoms. The molecular weight excluding hydrogens is 320 g/mol. The number of thiophene rings is 1. The largest absolute Gasteiger partial charge is 0.478 e. The molecule has 3 heterocycles. The summed E-state index contributed by atoms with van der Waals surface area (Å²) in [5, 5.41) is 10.5. The number of aromatic nitrogens is 3. The molecule has 0 aliphatic heterocycles. The highest BCUT2D eigenvalue weighted by atomic mass is 32.1. The van der Waals surface area contributed by atoms with Gasteiger partial charge in [-0.3, -0.25) is 19.1 Å². The predicted octanol–water partition coefficient (Wildman–Crippen LogP) is 0.704. The first kappa shape index (κ1) is 14.9. The Morgan fingerprint density at radius 2 is 2.00 bits per heavy atom. The van der Waals surface area contributed by atoms with Crippen LogP contribution in [0.1, 0.15) is 10.4 Å². The van der Waals surface area contributed by atoms with E-state index >= 15 is 0 Å². The molecule has 0 aliphatic carbocycles. The van der Waals surface area contributed by atoms with Gasteiger partial charge in [-0.1, -0.05) is 0 Å². The highest BCUT2D eigenvalue weighted by molar-refractivity contribution is 7.17. The third-order valence-corrected chi connectivity index (χ3v) is 4.05. The topological polar surface area (TPSA) is 128 Å². The molecule has 9 heteroatoms. The van der Waals surface area contributed by atoms with Gasteiger partial charge in [-0.25, -0.2) is 9.78 Å². The summed E-state index contributed by atoms with van der Waals surface area (Å²) >= 11 is 1.06. The van der Waals surface area contributed by atoms with Crippen LogP contribution in [0, 0.1) is 0 Å². The Kier molecular flexibility index (Phi) is 3.62. The van der Waals surface area contributed by atoms with Crippen molar-refractivity contribution in [2.45, 2.75) is 6.54 Å². The van der Waals surface area contributed by atoms with E-state index in [-0.39, 0.29) is 16.8 Å². The summed E-state index contributed by atoms with van der Waals surface area (Å²) in [4.78, 5) is 43.8. The molecule has 0 spiro atoms. The first-order valence-electron chi connectivity index (χ1n) is 6.43. The fraction of sp³-hybridized carbons (Fsp3) is 0.0714. The maximum Gasteiger partial charge on any atom is 0.337 e. The Labute approximate surface area is 132 Å². The van der Waals surface area contributed by atoms with Crippen molar-refractivity contribution in [3.05, 3.63) is 45.8 Å². The lowest BCUT2D eigenvalue weighted by Gasteiger charge is -2.10. The number of pyridine rings is 1. The van der Waals surface area contributed by atoms with Gasteiger partial charge in [0.1, 0.15) is 17.2 Å². The highest BCUT2D eigenvalue weighted by Crippen LogP contribution is 2.25. The summed E-state index contributed by atoms with van der Waals surface area (Å²) in [6.45, 7) is -0.395. The van der Waals surface area contributed by atoms with Crippen LogP contribution in [0.2, 0.25) is 0 Å². The van der Waals surface area contributed by atoms with Crippen LogP contribution in [0.4, 0.5) is 0 Å². The molecule has 3 aromatic rings. The minimum absolute atomic E-state index is 0.0263. The van der Waals surface area contributed by atoms with E-state index in [0.717, 1.165) is 15.9 Å². The van der Waals surface area contributed by atoms with Crippen molar-refractivity contribution < 1.29 is 14.7 Å². The van der Waals surface area contributed by atoms with Crippen LogP contribution >= 0.6 is 11.3 Å². The molecule has 3 rings (SSSR count). The maximum atomic E-state index is 12.7. The number of carboxylic acids is 1. The number of nitrogens with two attached hydrogens (primary N) is 1. The molecule has 1 amide bonds. The number of carboxylic acid groups (broad SMARTS) is 1. The molecule has 0 aliphatic rings. The normalized spacial score (nSPS) is 10.8. The molecule has 3 N–H and O–H groups in total. The van der Waals surface area contributed by atoms with Crippen LogP contribution in [-0.2, 0) is 11.3 Å². The second-order valence-corrected chi connectivity index (χ2v) is 5.52. The van der Waals surface area contributed by atoms with Crippen LogP contribution in [0.25, 0.3) is 21.6 Å². The van der Waals surface area contributed by atoms with Gasteiger partial charge < -0.3 is 10.8 Å². The van der Waals surface area contributed by atoms with E-state index in [1.807, 2.05) is 0 Å². The minimum Gasteiger partial charge on any atom is -0.478 e. The molecule has 0 atom stereocenters. The molecule has 0 radical (unpaired) electrons. The van der Waals surface area contributed by atoms with Crippen LogP contribution in [0.3, 0.4) is 0 Å². The zero-order valence-electron chi connectivity index (χ0n) is 11.6. The molecule has 0 saturated heterocycles. The van der Waals surface area contributed by atoms with Gasteiger partial charge in [0.2, 0.25) is 5.91 Å². The van der Waals surface area contributed by atoms with E-state index < -0.39 is 24.0 Å². The number of fused-ring (bicyclic) bond motifs is 1. The second-order valence-electron chi connectivity index (χ2n) is 4.66. The standard InChI is InChI=1S/C14H10N4O4S/c15-9(19)5-18-11(7-1-3-16-4-2-7)17-12-10(13(18)20)8(6-23-12)14(21)22/h1-4,6H,5H2,(H2,15,19)(H,21,22). The number of aromatic carboxylic acids is 1. The quantitative estimate of drug-likeness (QED) is 0.725. The van der Waals surface area contributed by atoms with E-state index in [0.29, 0.717) is 10.4 Å². The van der Waals surface area contributed by atoms with E-state index in [4.69, 9.17) is 5.73 Å². The summed E-state index contributed by atoms with van der Waals surface area (Å²) < 4.78 is 1.08. The van der Waals surface area contributed by atoms with Crippen molar-refractivity contribution in [2.24, 2.45) is 5.73 Å². The molecule has 0 unspecified atom stereocenters. The van der Waals surface area contributed by atoms with Gasteiger partial charge in [-0.05, 0) is 12.1 Å². The molecule has 116 valence electrons. The van der Waals surface area contributed by atoms with Gasteiger partial charge in [0, 0.05) is 23.3 Å². The molecule has 8 nitrogen and oxygen atoms in total. The SMILES string of the molecule is NC(=O)Cn1c(-c2ccncc2)nc2scc(C(=O)O)c2c1=O. The first-order chi connectivity index (χ1) is 11.0. The van der Waals surface area contributed by atoms with Gasteiger partial charge in [0.15, 0.2) is 0 Å². The van der Waals surface area contributed by atoms with E-state index in [1.165, 1.54) is 17.8 Å². The average Bonchev–Trinajstić information content (AvgIpc) is 2.95. The molecular formula is C14H10N4O4S. The van der Waals surface area contributed by atoms with Crippen LogP contribution in [-0.4, -0.2) is 31.5 Å². The summed E-state index contributed by atoms with van der Waals surface area (Å²) in [7, 11) is 0. The number of hydrogen-bond acceptors (Lipinski definition) is 6. The highest BCUT2D eigenvalue weighted by Gasteiger charge is 2.20. The lowest BCUT2D eigenvalue weighted by atomic mass is 10.2. The second kappa shape index (κ2) is 5.61. The zero-order valence-corrected chi connectivity index (χ0v) is 12.4. The van der Waals surface area contributed by atoms with E-state index in [2.05, 4.69) is 9.97 Å². The van der Waals surface area contributed by atoms with Gasteiger partial charge in [-0.2, -0.15) is 0 Å². The van der Waals surface area contributed by atoms with Crippen molar-refractivity contribution in [3.63, 3.8) is 0 Å². The van der Waals surface area contributed by atoms with Crippen molar-refractivity contribution in [3.8, 4) is 11.4 Å². The molecule has 3 aromatic heterocycles. The van der Waals surface area contributed by atoms with E-state index in [1.54, 1.807) is 12.1 Å². The molecule has 0 bridgehead atoms. The number of nitrogens with zero attached hydrogens (tertiary/aromatic N) is 3. The Balaban J connectivity index is 2.38. The monoisotopic (exact) mass is 330 g/mol. The first-order valence-corrected chi connectivity index (χ1v) is 7.31. The van der Waals surface area contributed by atoms with Gasteiger partial charge in [0.05, 0.1) is 10.9 Å². The molecule has 0 fully saturated rings. The Morgan fingerprint density at radius 1 is 1.30 bits per heavy atom. The Bertz CT molecular complexity index is 978.